The summed E-state index contributed by atoms with van der Waals surface area (Å²) in [4.78, 5) is 31.0. The molecule has 0 spiro atoms. The predicted molar refractivity (Wildman–Crippen MR) is 112 cm³/mol. The molecule has 3 heterocycles. The third-order valence-corrected chi connectivity index (χ3v) is 5.88. The van der Waals surface area contributed by atoms with Crippen molar-refractivity contribution in [3.63, 3.8) is 0 Å². The first-order chi connectivity index (χ1) is 14.4. The summed E-state index contributed by atoms with van der Waals surface area (Å²) >= 11 is 1.25. The van der Waals surface area contributed by atoms with Gasteiger partial charge in [-0.3, -0.25) is 9.36 Å². The van der Waals surface area contributed by atoms with Gasteiger partial charge in [0.15, 0.2) is 4.80 Å². The number of benzene rings is 1. The molecular weight excluding hydrogens is 404 g/mol. The maximum absolute atomic E-state index is 13.3. The van der Waals surface area contributed by atoms with Crippen molar-refractivity contribution in [2.75, 3.05) is 14.2 Å². The third-order valence-electron chi connectivity index (χ3n) is 4.89. The van der Waals surface area contributed by atoms with Crippen LogP contribution in [-0.4, -0.2) is 24.8 Å². The number of ether oxygens (including phenoxy) is 2. The molecule has 1 aliphatic rings. The number of fused-ring (bicyclic) bond motifs is 1. The van der Waals surface area contributed by atoms with E-state index >= 15 is 0 Å². The maximum Gasteiger partial charge on any atom is 0.338 e. The molecule has 1 aliphatic heterocycles. The number of nitrogens with zero attached hydrogens (tertiary/aromatic N) is 2. The lowest BCUT2D eigenvalue weighted by Gasteiger charge is -2.24. The molecule has 0 N–H and O–H groups in total. The van der Waals surface area contributed by atoms with Crippen molar-refractivity contribution in [2.24, 2.45) is 4.99 Å². The van der Waals surface area contributed by atoms with Gasteiger partial charge in [-0.15, -0.1) is 0 Å². The molecule has 3 aromatic rings. The number of rotatable bonds is 4. The fourth-order valence-corrected chi connectivity index (χ4v) is 4.48. The second-order valence-corrected chi connectivity index (χ2v) is 7.80. The number of thiazole rings is 1. The molecular formula is C22H20N2O5S. The van der Waals surface area contributed by atoms with E-state index in [0.717, 1.165) is 11.3 Å². The Hall–Kier alpha value is -3.39. The fourth-order valence-electron chi connectivity index (χ4n) is 3.45. The fraction of sp³-hybridized carbons (Fsp3) is 0.227. The molecule has 0 unspecified atom stereocenters. The molecule has 0 radical (unpaired) electrons. The van der Waals surface area contributed by atoms with Crippen molar-refractivity contribution in [2.45, 2.75) is 19.9 Å². The van der Waals surface area contributed by atoms with Gasteiger partial charge in [0.1, 0.15) is 17.3 Å². The van der Waals surface area contributed by atoms with Gasteiger partial charge < -0.3 is 13.9 Å². The zero-order chi connectivity index (χ0) is 21.4. The largest absolute Gasteiger partial charge is 0.497 e. The van der Waals surface area contributed by atoms with E-state index in [2.05, 4.69) is 4.99 Å². The van der Waals surface area contributed by atoms with Crippen LogP contribution in [0.25, 0.3) is 6.08 Å². The zero-order valence-corrected chi connectivity index (χ0v) is 17.8. The second kappa shape index (κ2) is 7.79. The summed E-state index contributed by atoms with van der Waals surface area (Å²) in [5.74, 6) is 1.50. The molecule has 0 amide bonds. The molecule has 1 atom stereocenters. The van der Waals surface area contributed by atoms with Gasteiger partial charge in [-0.2, -0.15) is 0 Å². The average Bonchev–Trinajstić information content (AvgIpc) is 3.29. The quantitative estimate of drug-likeness (QED) is 0.601. The first-order valence-electron chi connectivity index (χ1n) is 9.24. The third kappa shape index (κ3) is 3.39. The van der Waals surface area contributed by atoms with Gasteiger partial charge in [-0.1, -0.05) is 23.5 Å². The minimum Gasteiger partial charge on any atom is -0.497 e. The van der Waals surface area contributed by atoms with Crippen LogP contribution in [0, 0.1) is 6.92 Å². The zero-order valence-electron chi connectivity index (χ0n) is 17.0. The summed E-state index contributed by atoms with van der Waals surface area (Å²) in [5, 5.41) is 0. The highest BCUT2D eigenvalue weighted by molar-refractivity contribution is 7.07. The number of aryl methyl sites for hydroxylation is 1. The molecule has 0 saturated heterocycles. The Bertz CT molecular complexity index is 1330. The van der Waals surface area contributed by atoms with E-state index in [1.54, 1.807) is 38.3 Å². The standard InChI is InChI=1S/C22H20N2O5S/c1-12-5-8-16(29-12)11-17-20(25)24-19(14-6-9-15(27-3)10-7-14)18(21(26)28-4)13(2)23-22(24)30-17/h5-11,19H,1-4H3/t19-/m0/s1. The van der Waals surface area contributed by atoms with E-state index < -0.39 is 12.0 Å². The first-order valence-corrected chi connectivity index (χ1v) is 10.1. The summed E-state index contributed by atoms with van der Waals surface area (Å²) in [6.07, 6.45) is 1.69. The van der Waals surface area contributed by atoms with Crippen LogP contribution >= 0.6 is 11.3 Å². The molecule has 4 rings (SSSR count). The van der Waals surface area contributed by atoms with Crippen LogP contribution in [0.15, 0.2) is 61.9 Å². The molecule has 0 bridgehead atoms. The highest BCUT2D eigenvalue weighted by atomic mass is 32.1. The summed E-state index contributed by atoms with van der Waals surface area (Å²) in [6.45, 7) is 3.59. The number of hydrogen-bond acceptors (Lipinski definition) is 7. The van der Waals surface area contributed by atoms with Crippen LogP contribution in [0.1, 0.15) is 30.0 Å². The lowest BCUT2D eigenvalue weighted by molar-refractivity contribution is -0.136. The molecule has 30 heavy (non-hydrogen) atoms. The van der Waals surface area contributed by atoms with Crippen LogP contribution in [-0.2, 0) is 9.53 Å². The van der Waals surface area contributed by atoms with Gasteiger partial charge in [0.05, 0.1) is 36.1 Å². The van der Waals surface area contributed by atoms with Crippen LogP contribution in [0.4, 0.5) is 0 Å². The highest BCUT2D eigenvalue weighted by Crippen LogP contribution is 2.31. The summed E-state index contributed by atoms with van der Waals surface area (Å²) in [5.41, 5.74) is 1.36. The minimum absolute atomic E-state index is 0.248. The van der Waals surface area contributed by atoms with E-state index in [0.29, 0.717) is 32.1 Å². The average molecular weight is 424 g/mol. The Labute approximate surface area is 176 Å². The summed E-state index contributed by atoms with van der Waals surface area (Å²) in [7, 11) is 2.90. The lowest BCUT2D eigenvalue weighted by atomic mass is 9.96. The van der Waals surface area contributed by atoms with Crippen molar-refractivity contribution < 1.29 is 18.7 Å². The maximum atomic E-state index is 13.3. The normalized spacial score (nSPS) is 16.3. The van der Waals surface area contributed by atoms with Crippen molar-refractivity contribution >= 4 is 23.4 Å². The van der Waals surface area contributed by atoms with E-state index in [4.69, 9.17) is 13.9 Å². The van der Waals surface area contributed by atoms with Crippen molar-refractivity contribution in [1.82, 2.24) is 4.57 Å². The van der Waals surface area contributed by atoms with Crippen LogP contribution < -0.4 is 19.6 Å². The molecule has 0 fully saturated rings. The number of methoxy groups -OCH3 is 2. The lowest BCUT2D eigenvalue weighted by Crippen LogP contribution is -2.39. The summed E-state index contributed by atoms with van der Waals surface area (Å²) in [6, 6.07) is 10.2. The Kier molecular flexibility index (Phi) is 5.17. The molecule has 0 aliphatic carbocycles. The van der Waals surface area contributed by atoms with Crippen molar-refractivity contribution in [3.05, 3.63) is 84.4 Å². The van der Waals surface area contributed by atoms with Gasteiger partial charge in [0, 0.05) is 6.08 Å². The molecule has 8 heteroatoms. The Morgan fingerprint density at radius 2 is 1.90 bits per heavy atom. The van der Waals surface area contributed by atoms with Crippen LogP contribution in [0.2, 0.25) is 0 Å². The monoisotopic (exact) mass is 424 g/mol. The number of carbonyl (C=O) groups is 1. The first kappa shape index (κ1) is 19.9. The number of hydrogen-bond donors (Lipinski definition) is 0. The molecule has 2 aromatic heterocycles. The topological polar surface area (TPSA) is 83.0 Å². The molecule has 0 saturated carbocycles. The molecule has 7 nitrogen and oxygen atoms in total. The molecule has 1 aromatic carbocycles. The highest BCUT2D eigenvalue weighted by Gasteiger charge is 2.33. The number of esters is 1. The SMILES string of the molecule is COC(=O)C1=C(C)N=c2sc(=Cc3ccc(C)o3)c(=O)n2[C@H]1c1ccc(OC)cc1. The van der Waals surface area contributed by atoms with Crippen molar-refractivity contribution in [1.29, 1.82) is 0 Å². The van der Waals surface area contributed by atoms with E-state index in [1.807, 2.05) is 25.1 Å². The van der Waals surface area contributed by atoms with Crippen LogP contribution in [0.5, 0.6) is 5.75 Å². The Balaban J connectivity index is 1.96. The minimum atomic E-state index is -0.653. The van der Waals surface area contributed by atoms with Crippen molar-refractivity contribution in [3.8, 4) is 5.75 Å². The number of aromatic nitrogens is 1. The second-order valence-electron chi connectivity index (χ2n) is 6.79. The number of furan rings is 1. The Morgan fingerprint density at radius 3 is 2.50 bits per heavy atom. The molecule has 154 valence electrons. The smallest absolute Gasteiger partial charge is 0.338 e. The number of carbonyl (C=O) groups excluding carboxylic acids is 1. The van der Waals surface area contributed by atoms with E-state index in [-0.39, 0.29) is 5.56 Å². The Morgan fingerprint density at radius 1 is 1.17 bits per heavy atom. The van der Waals surface area contributed by atoms with E-state index in [9.17, 15) is 9.59 Å². The predicted octanol–water partition coefficient (Wildman–Crippen LogP) is 2.32. The van der Waals surface area contributed by atoms with Gasteiger partial charge in [-0.25, -0.2) is 9.79 Å². The van der Waals surface area contributed by atoms with Gasteiger partial charge in [0.25, 0.3) is 5.56 Å². The van der Waals surface area contributed by atoms with Crippen LogP contribution in [0.3, 0.4) is 0 Å². The van der Waals surface area contributed by atoms with Gasteiger partial charge in [0.2, 0.25) is 0 Å². The number of allylic oxidation sites excluding steroid dienone is 1. The van der Waals surface area contributed by atoms with Gasteiger partial charge >= 0.3 is 5.97 Å². The van der Waals surface area contributed by atoms with E-state index in [1.165, 1.54) is 23.0 Å². The van der Waals surface area contributed by atoms with Gasteiger partial charge in [-0.05, 0) is 43.7 Å². The summed E-state index contributed by atoms with van der Waals surface area (Å²) < 4.78 is 17.8.